The molecule has 5 heteroatoms. The summed E-state index contributed by atoms with van der Waals surface area (Å²) in [5.41, 5.74) is 1.50. The molecule has 3 aliphatic rings. The minimum absolute atomic E-state index is 0.117. The summed E-state index contributed by atoms with van der Waals surface area (Å²) in [6, 6.07) is 21.4. The third kappa shape index (κ3) is 3.57. The highest BCUT2D eigenvalue weighted by Gasteiger charge is 2.68. The number of hydrogen-bond acceptors (Lipinski definition) is 5. The molecule has 2 saturated heterocycles. The minimum Gasteiger partial charge on any atom is -0.498 e. The molecule has 2 aromatic rings. The SMILES string of the molecule is COC1=CCO[C@]12CCO[C@]21CCO[C@H]1[C@H](C)N(Cc1ccccc1)Cc1ccccc1. The molecule has 0 radical (unpaired) electrons. The Hall–Kier alpha value is -2.18. The molecule has 0 saturated carbocycles. The van der Waals surface area contributed by atoms with E-state index in [0.717, 1.165) is 31.7 Å². The fourth-order valence-electron chi connectivity index (χ4n) is 5.88. The van der Waals surface area contributed by atoms with Crippen LogP contribution in [0, 0.1) is 0 Å². The van der Waals surface area contributed by atoms with Crippen LogP contribution in [-0.4, -0.2) is 55.2 Å². The summed E-state index contributed by atoms with van der Waals surface area (Å²) >= 11 is 0. The van der Waals surface area contributed by atoms with Crippen molar-refractivity contribution in [2.75, 3.05) is 26.9 Å². The summed E-state index contributed by atoms with van der Waals surface area (Å²) in [7, 11) is 1.74. The van der Waals surface area contributed by atoms with Crippen LogP contribution in [-0.2, 0) is 32.0 Å². The van der Waals surface area contributed by atoms with Crippen LogP contribution < -0.4 is 0 Å². The van der Waals surface area contributed by atoms with E-state index in [1.165, 1.54) is 11.1 Å². The van der Waals surface area contributed by atoms with Crippen LogP contribution in [0.1, 0.15) is 30.9 Å². The minimum atomic E-state index is -0.553. The third-order valence-corrected chi connectivity index (χ3v) is 7.42. The molecule has 2 fully saturated rings. The Bertz CT molecular complexity index is 888. The van der Waals surface area contributed by atoms with Crippen molar-refractivity contribution < 1.29 is 18.9 Å². The van der Waals surface area contributed by atoms with E-state index in [1.807, 2.05) is 0 Å². The summed E-state index contributed by atoms with van der Waals surface area (Å²) < 4.78 is 25.2. The van der Waals surface area contributed by atoms with Gasteiger partial charge in [0.1, 0.15) is 17.5 Å². The van der Waals surface area contributed by atoms with Crippen LogP contribution in [0.15, 0.2) is 72.5 Å². The number of benzene rings is 2. The van der Waals surface area contributed by atoms with Crippen molar-refractivity contribution >= 4 is 0 Å². The van der Waals surface area contributed by atoms with Gasteiger partial charge in [-0.15, -0.1) is 0 Å². The zero-order chi connectivity index (χ0) is 22.0. The van der Waals surface area contributed by atoms with Crippen molar-refractivity contribution in [3.63, 3.8) is 0 Å². The second-order valence-corrected chi connectivity index (χ2v) is 9.06. The molecule has 0 amide bonds. The maximum absolute atomic E-state index is 6.56. The molecule has 0 aromatic heterocycles. The second kappa shape index (κ2) is 8.99. The molecule has 5 nitrogen and oxygen atoms in total. The van der Waals surface area contributed by atoms with Crippen molar-refractivity contribution in [3.8, 4) is 0 Å². The van der Waals surface area contributed by atoms with Gasteiger partial charge in [0.05, 0.1) is 26.9 Å². The molecule has 0 bridgehead atoms. The number of ether oxygens (including phenoxy) is 4. The Kier molecular flexibility index (Phi) is 6.08. The quantitative estimate of drug-likeness (QED) is 0.648. The highest BCUT2D eigenvalue weighted by Crippen LogP contribution is 2.54. The normalized spacial score (nSPS) is 30.3. The van der Waals surface area contributed by atoms with Crippen molar-refractivity contribution in [1.82, 2.24) is 4.90 Å². The Morgan fingerprint density at radius 2 is 1.59 bits per heavy atom. The van der Waals surface area contributed by atoms with E-state index in [2.05, 4.69) is 78.6 Å². The molecule has 3 aliphatic heterocycles. The number of fused-ring (bicyclic) bond motifs is 1. The van der Waals surface area contributed by atoms with Gasteiger partial charge in [-0.3, -0.25) is 4.90 Å². The first-order valence-corrected chi connectivity index (χ1v) is 11.6. The van der Waals surface area contributed by atoms with E-state index in [4.69, 9.17) is 18.9 Å². The van der Waals surface area contributed by atoms with Crippen LogP contribution in [0.4, 0.5) is 0 Å². The van der Waals surface area contributed by atoms with Crippen LogP contribution in [0.2, 0.25) is 0 Å². The average molecular weight is 436 g/mol. The summed E-state index contributed by atoms with van der Waals surface area (Å²) in [6.45, 7) is 5.84. The maximum atomic E-state index is 6.56. The molecular weight excluding hydrogens is 402 g/mol. The van der Waals surface area contributed by atoms with Crippen molar-refractivity contribution in [2.45, 2.75) is 56.2 Å². The first-order valence-electron chi connectivity index (χ1n) is 11.6. The summed E-state index contributed by atoms with van der Waals surface area (Å²) in [4.78, 5) is 2.50. The molecule has 170 valence electrons. The summed E-state index contributed by atoms with van der Waals surface area (Å²) in [6.07, 6.45) is 3.56. The molecule has 0 unspecified atom stereocenters. The number of methoxy groups -OCH3 is 1. The smallest absolute Gasteiger partial charge is 0.159 e. The van der Waals surface area contributed by atoms with Crippen molar-refractivity contribution in [2.24, 2.45) is 0 Å². The molecule has 4 atom stereocenters. The lowest BCUT2D eigenvalue weighted by Gasteiger charge is -2.46. The lowest BCUT2D eigenvalue weighted by atomic mass is 9.74. The zero-order valence-corrected chi connectivity index (χ0v) is 19.0. The fourth-order valence-corrected chi connectivity index (χ4v) is 5.88. The lowest BCUT2D eigenvalue weighted by molar-refractivity contribution is -0.175. The van der Waals surface area contributed by atoms with Gasteiger partial charge >= 0.3 is 0 Å². The Labute approximate surface area is 190 Å². The molecule has 2 aromatic carbocycles. The number of rotatable bonds is 7. The van der Waals surface area contributed by atoms with Crippen LogP contribution in [0.25, 0.3) is 0 Å². The van der Waals surface area contributed by atoms with Gasteiger partial charge < -0.3 is 18.9 Å². The zero-order valence-electron chi connectivity index (χ0n) is 19.0. The molecule has 5 rings (SSSR count). The Morgan fingerprint density at radius 1 is 0.938 bits per heavy atom. The van der Waals surface area contributed by atoms with E-state index in [9.17, 15) is 0 Å². The molecular formula is C27H33NO4. The van der Waals surface area contributed by atoms with E-state index in [0.29, 0.717) is 19.8 Å². The Balaban J connectivity index is 1.47. The van der Waals surface area contributed by atoms with E-state index >= 15 is 0 Å². The van der Waals surface area contributed by atoms with Crippen LogP contribution in [0.5, 0.6) is 0 Å². The summed E-state index contributed by atoms with van der Waals surface area (Å²) in [5.74, 6) is 0.898. The van der Waals surface area contributed by atoms with Crippen molar-refractivity contribution in [3.05, 3.63) is 83.6 Å². The van der Waals surface area contributed by atoms with Crippen molar-refractivity contribution in [1.29, 1.82) is 0 Å². The van der Waals surface area contributed by atoms with Gasteiger partial charge in [0.15, 0.2) is 5.60 Å². The second-order valence-electron chi connectivity index (χ2n) is 9.06. The standard InChI is InChI=1S/C27H33NO4/c1-21(28(19-22-9-5-3-6-10-22)20-23-11-7-4-8-12-23)25-27(14-17-30-25)26(15-18-32-27)24(29-2)13-16-31-26/h3-13,21,25H,14-20H2,1-2H3/t21-,25-,26+,27-/m0/s1. The topological polar surface area (TPSA) is 40.2 Å². The molecule has 0 aliphatic carbocycles. The van der Waals surface area contributed by atoms with Gasteiger partial charge in [-0.2, -0.15) is 0 Å². The molecule has 0 N–H and O–H groups in total. The van der Waals surface area contributed by atoms with Crippen LogP contribution in [0.3, 0.4) is 0 Å². The van der Waals surface area contributed by atoms with Gasteiger partial charge in [0.2, 0.25) is 0 Å². The van der Waals surface area contributed by atoms with E-state index in [-0.39, 0.29) is 12.1 Å². The first-order chi connectivity index (χ1) is 15.7. The van der Waals surface area contributed by atoms with Gasteiger partial charge in [0, 0.05) is 32.0 Å². The molecule has 32 heavy (non-hydrogen) atoms. The van der Waals surface area contributed by atoms with Crippen LogP contribution >= 0.6 is 0 Å². The third-order valence-electron chi connectivity index (χ3n) is 7.42. The first kappa shape index (κ1) is 21.7. The van der Waals surface area contributed by atoms with Gasteiger partial charge in [0.25, 0.3) is 0 Å². The largest absolute Gasteiger partial charge is 0.498 e. The lowest BCUT2D eigenvalue weighted by Crippen LogP contribution is -2.62. The molecule has 3 heterocycles. The van der Waals surface area contributed by atoms with E-state index in [1.54, 1.807) is 7.11 Å². The Morgan fingerprint density at radius 3 is 2.22 bits per heavy atom. The monoisotopic (exact) mass is 435 g/mol. The number of nitrogens with zero attached hydrogens (tertiary/aromatic N) is 1. The predicted molar refractivity (Wildman–Crippen MR) is 123 cm³/mol. The summed E-state index contributed by atoms with van der Waals surface area (Å²) in [5, 5.41) is 0. The van der Waals surface area contributed by atoms with Gasteiger partial charge in [-0.25, -0.2) is 0 Å². The number of hydrogen-bond donors (Lipinski definition) is 0. The van der Waals surface area contributed by atoms with Gasteiger partial charge in [-0.05, 0) is 24.1 Å². The predicted octanol–water partition coefficient (Wildman–Crippen LogP) is 4.32. The highest BCUT2D eigenvalue weighted by atomic mass is 16.6. The van der Waals surface area contributed by atoms with E-state index < -0.39 is 11.2 Å². The average Bonchev–Trinajstić information content (AvgIpc) is 3.55. The fraction of sp³-hybridized carbons (Fsp3) is 0.481. The maximum Gasteiger partial charge on any atom is 0.159 e. The van der Waals surface area contributed by atoms with Gasteiger partial charge in [-0.1, -0.05) is 60.7 Å². The molecule has 2 spiro atoms. The highest BCUT2D eigenvalue weighted by molar-refractivity contribution is 5.30.